The van der Waals surface area contributed by atoms with Crippen LogP contribution >= 0.6 is 11.3 Å². The molecule has 2 rings (SSSR count). The number of thiazole rings is 1. The molecule has 0 bridgehead atoms. The first-order chi connectivity index (χ1) is 8.99. The molecule has 0 fully saturated rings. The molecule has 1 heterocycles. The van der Waals surface area contributed by atoms with E-state index in [1.54, 1.807) is 11.3 Å². The molecule has 4 nitrogen and oxygen atoms in total. The zero-order valence-electron chi connectivity index (χ0n) is 12.0. The van der Waals surface area contributed by atoms with Crippen molar-refractivity contribution in [1.82, 2.24) is 9.88 Å². The summed E-state index contributed by atoms with van der Waals surface area (Å²) in [4.78, 5) is 6.52. The average Bonchev–Trinajstić information content (AvgIpc) is 2.79. The largest absolute Gasteiger partial charge is 0.395 e. The number of benzene rings is 1. The van der Waals surface area contributed by atoms with Crippen LogP contribution in [0.2, 0.25) is 0 Å². The molecule has 19 heavy (non-hydrogen) atoms. The highest BCUT2D eigenvalue weighted by Gasteiger charge is 2.16. The van der Waals surface area contributed by atoms with Gasteiger partial charge in [0.1, 0.15) is 5.52 Å². The van der Waals surface area contributed by atoms with Crippen molar-refractivity contribution < 1.29 is 0 Å². The molecular weight excluding hydrogens is 256 g/mol. The topological polar surface area (TPSA) is 54.2 Å². The lowest BCUT2D eigenvalue weighted by Gasteiger charge is -2.27. The summed E-state index contributed by atoms with van der Waals surface area (Å²) in [6.45, 7) is 5.42. The zero-order valence-corrected chi connectivity index (χ0v) is 12.8. The molecule has 1 aromatic carbocycles. The molecule has 3 N–H and O–H groups in total. The summed E-state index contributed by atoms with van der Waals surface area (Å²) in [7, 11) is 4.17. The number of hydrogen-bond acceptors (Lipinski definition) is 5. The van der Waals surface area contributed by atoms with Crippen LogP contribution in [0.15, 0.2) is 17.6 Å². The number of aromatic nitrogens is 1. The number of anilines is 2. The summed E-state index contributed by atoms with van der Waals surface area (Å²) in [5, 5.41) is 3.56. The maximum absolute atomic E-state index is 6.21. The number of nitrogens with two attached hydrogens (primary N) is 1. The molecule has 0 aliphatic heterocycles. The van der Waals surface area contributed by atoms with Crippen molar-refractivity contribution in [2.24, 2.45) is 5.92 Å². The minimum atomic E-state index is 0.369. The lowest BCUT2D eigenvalue weighted by Crippen LogP contribution is -2.36. The number of nitrogens with zero attached hydrogens (tertiary/aromatic N) is 2. The summed E-state index contributed by atoms with van der Waals surface area (Å²) in [5.41, 5.74) is 10.7. The Morgan fingerprint density at radius 2 is 2.11 bits per heavy atom. The molecule has 0 saturated carbocycles. The van der Waals surface area contributed by atoms with Crippen molar-refractivity contribution in [2.45, 2.75) is 19.9 Å². The molecule has 0 amide bonds. The fourth-order valence-corrected chi connectivity index (χ4v) is 2.79. The predicted molar refractivity (Wildman–Crippen MR) is 84.8 cm³/mol. The van der Waals surface area contributed by atoms with Gasteiger partial charge in [0.05, 0.1) is 21.6 Å². The Morgan fingerprint density at radius 3 is 2.74 bits per heavy atom. The van der Waals surface area contributed by atoms with Crippen LogP contribution in [0.3, 0.4) is 0 Å². The van der Waals surface area contributed by atoms with Crippen LogP contribution in [0, 0.1) is 5.92 Å². The first kappa shape index (κ1) is 14.1. The van der Waals surface area contributed by atoms with Gasteiger partial charge in [-0.2, -0.15) is 0 Å². The van der Waals surface area contributed by atoms with Crippen molar-refractivity contribution in [1.29, 1.82) is 0 Å². The second-order valence-electron chi connectivity index (χ2n) is 5.48. The normalized spacial score (nSPS) is 13.4. The van der Waals surface area contributed by atoms with Gasteiger partial charge in [0.2, 0.25) is 0 Å². The van der Waals surface area contributed by atoms with Gasteiger partial charge in [0.15, 0.2) is 0 Å². The highest BCUT2D eigenvalue weighted by Crippen LogP contribution is 2.30. The SMILES string of the molecule is CC(C)C(CN(C)C)Nc1ccc2scnc2c1N. The maximum Gasteiger partial charge on any atom is 0.106 e. The van der Waals surface area contributed by atoms with E-state index >= 15 is 0 Å². The van der Waals surface area contributed by atoms with E-state index < -0.39 is 0 Å². The first-order valence-corrected chi connectivity index (χ1v) is 7.40. The number of fused-ring (bicyclic) bond motifs is 1. The highest BCUT2D eigenvalue weighted by molar-refractivity contribution is 7.16. The third-order valence-electron chi connectivity index (χ3n) is 3.25. The smallest absolute Gasteiger partial charge is 0.106 e. The van der Waals surface area contributed by atoms with Crippen LogP contribution in [-0.2, 0) is 0 Å². The van der Waals surface area contributed by atoms with Crippen LogP contribution in [0.1, 0.15) is 13.8 Å². The van der Waals surface area contributed by atoms with Crippen molar-refractivity contribution in [3.63, 3.8) is 0 Å². The Balaban J connectivity index is 2.25. The van der Waals surface area contributed by atoms with E-state index in [0.29, 0.717) is 12.0 Å². The summed E-state index contributed by atoms with van der Waals surface area (Å²) in [6, 6.07) is 4.51. The lowest BCUT2D eigenvalue weighted by atomic mass is 10.0. The minimum absolute atomic E-state index is 0.369. The van der Waals surface area contributed by atoms with Gasteiger partial charge in [-0.05, 0) is 32.1 Å². The number of nitrogen functional groups attached to an aromatic ring is 1. The van der Waals surface area contributed by atoms with Crippen molar-refractivity contribution in [3.8, 4) is 0 Å². The number of likely N-dealkylation sites (N-methyl/N-ethyl adjacent to an activating group) is 1. The molecule has 0 spiro atoms. The van der Waals surface area contributed by atoms with E-state index in [1.807, 2.05) is 5.51 Å². The minimum Gasteiger partial charge on any atom is -0.395 e. The second kappa shape index (κ2) is 5.75. The van der Waals surface area contributed by atoms with Crippen molar-refractivity contribution in [2.75, 3.05) is 31.7 Å². The van der Waals surface area contributed by atoms with Crippen LogP contribution in [0.4, 0.5) is 11.4 Å². The summed E-state index contributed by atoms with van der Waals surface area (Å²) in [5.74, 6) is 0.535. The lowest BCUT2D eigenvalue weighted by molar-refractivity contribution is 0.344. The quantitative estimate of drug-likeness (QED) is 0.826. The summed E-state index contributed by atoms with van der Waals surface area (Å²) < 4.78 is 1.14. The average molecular weight is 278 g/mol. The van der Waals surface area contributed by atoms with Gasteiger partial charge >= 0.3 is 0 Å². The first-order valence-electron chi connectivity index (χ1n) is 6.52. The van der Waals surface area contributed by atoms with E-state index in [-0.39, 0.29) is 0 Å². The number of rotatable bonds is 5. The number of nitrogens with one attached hydrogen (secondary N) is 1. The van der Waals surface area contributed by atoms with E-state index in [0.717, 1.165) is 28.1 Å². The fraction of sp³-hybridized carbons (Fsp3) is 0.500. The van der Waals surface area contributed by atoms with Gasteiger partial charge < -0.3 is 16.0 Å². The number of hydrogen-bond donors (Lipinski definition) is 2. The molecule has 2 aromatic rings. The molecule has 104 valence electrons. The maximum atomic E-state index is 6.21. The zero-order chi connectivity index (χ0) is 14.0. The van der Waals surface area contributed by atoms with Gasteiger partial charge in [0, 0.05) is 12.6 Å². The highest BCUT2D eigenvalue weighted by atomic mass is 32.1. The van der Waals surface area contributed by atoms with Gasteiger partial charge in [-0.3, -0.25) is 0 Å². The van der Waals surface area contributed by atoms with Gasteiger partial charge in [-0.1, -0.05) is 13.8 Å². The predicted octanol–water partition coefficient (Wildman–Crippen LogP) is 2.88. The van der Waals surface area contributed by atoms with Crippen LogP contribution in [0.25, 0.3) is 10.2 Å². The monoisotopic (exact) mass is 278 g/mol. The Hall–Kier alpha value is -1.33. The molecule has 0 radical (unpaired) electrons. The second-order valence-corrected chi connectivity index (χ2v) is 6.37. The molecule has 0 saturated heterocycles. The van der Waals surface area contributed by atoms with Crippen molar-refractivity contribution >= 4 is 32.9 Å². The molecule has 1 aromatic heterocycles. The van der Waals surface area contributed by atoms with Crippen LogP contribution < -0.4 is 11.1 Å². The molecule has 5 heteroatoms. The molecule has 0 aliphatic carbocycles. The van der Waals surface area contributed by atoms with Gasteiger partial charge in [-0.25, -0.2) is 4.98 Å². The van der Waals surface area contributed by atoms with E-state index in [4.69, 9.17) is 5.73 Å². The summed E-state index contributed by atoms with van der Waals surface area (Å²) in [6.07, 6.45) is 0. The third-order valence-corrected chi connectivity index (χ3v) is 4.04. The van der Waals surface area contributed by atoms with Crippen LogP contribution in [0.5, 0.6) is 0 Å². The Bertz CT molecular complexity index is 547. The molecule has 1 unspecified atom stereocenters. The molecule has 1 atom stereocenters. The Kier molecular flexibility index (Phi) is 4.27. The standard InChI is InChI=1S/C14H22N4S/c1-9(2)11(7-18(3)4)17-10-5-6-12-14(13(10)15)16-8-19-12/h5-6,8-9,11,17H,7,15H2,1-4H3. The fourth-order valence-electron chi connectivity index (χ4n) is 2.09. The van der Waals surface area contributed by atoms with Gasteiger partial charge in [-0.15, -0.1) is 11.3 Å². The Labute approximate surface area is 118 Å². The molecular formula is C14H22N4S. The summed E-state index contributed by atoms with van der Waals surface area (Å²) >= 11 is 1.62. The van der Waals surface area contributed by atoms with Crippen LogP contribution in [-0.4, -0.2) is 36.6 Å². The van der Waals surface area contributed by atoms with E-state index in [1.165, 1.54) is 0 Å². The van der Waals surface area contributed by atoms with Gasteiger partial charge in [0.25, 0.3) is 0 Å². The third kappa shape index (κ3) is 3.16. The molecule has 0 aliphatic rings. The Morgan fingerprint density at radius 1 is 1.37 bits per heavy atom. The van der Waals surface area contributed by atoms with Crippen molar-refractivity contribution in [3.05, 3.63) is 17.6 Å². The van der Waals surface area contributed by atoms with E-state index in [9.17, 15) is 0 Å². The van der Waals surface area contributed by atoms with E-state index in [2.05, 4.69) is 55.3 Å².